The lowest BCUT2D eigenvalue weighted by molar-refractivity contribution is 0.474. The Morgan fingerprint density at radius 3 is 2.85 bits per heavy atom. The van der Waals surface area contributed by atoms with Crippen LogP contribution in [0.5, 0.6) is 5.75 Å². The van der Waals surface area contributed by atoms with Gasteiger partial charge in [-0.25, -0.2) is 0 Å². The number of phenolic OH excluding ortho intramolecular Hbond substituents is 1. The molecule has 2 aromatic rings. The first-order valence-corrected chi connectivity index (χ1v) is 3.63. The van der Waals surface area contributed by atoms with Crippen LogP contribution in [0.3, 0.4) is 0 Å². The number of nitrogen functional groups attached to an aromatic ring is 1. The van der Waals surface area contributed by atoms with Crippen LogP contribution in [-0.4, -0.2) is 5.11 Å². The van der Waals surface area contributed by atoms with Crippen LogP contribution in [0.2, 0.25) is 0 Å². The zero-order chi connectivity index (χ0) is 9.42. The molecule has 0 aliphatic heterocycles. The molecule has 0 bridgehead atoms. The van der Waals surface area contributed by atoms with Crippen molar-refractivity contribution in [2.75, 3.05) is 5.73 Å². The summed E-state index contributed by atoms with van der Waals surface area (Å²) in [6.45, 7) is 0. The van der Waals surface area contributed by atoms with E-state index in [9.17, 15) is 5.11 Å². The summed E-state index contributed by atoms with van der Waals surface area (Å²) in [5.41, 5.74) is 6.09. The second-order valence-corrected chi connectivity index (χ2v) is 2.67. The van der Waals surface area contributed by atoms with Gasteiger partial charge < -0.3 is 15.3 Å². The van der Waals surface area contributed by atoms with Gasteiger partial charge in [-0.1, -0.05) is 0 Å². The second kappa shape index (κ2) is 2.42. The maximum absolute atomic E-state index is 9.31. The van der Waals surface area contributed by atoms with Crippen LogP contribution in [0.4, 0.5) is 5.88 Å². The summed E-state index contributed by atoms with van der Waals surface area (Å²) in [5.74, 6) is 0.209. The van der Waals surface area contributed by atoms with Crippen molar-refractivity contribution in [3.63, 3.8) is 0 Å². The van der Waals surface area contributed by atoms with E-state index in [1.807, 2.05) is 6.07 Å². The van der Waals surface area contributed by atoms with E-state index in [4.69, 9.17) is 15.4 Å². The molecule has 0 aliphatic carbocycles. The molecule has 0 saturated heterocycles. The minimum Gasteiger partial charge on any atom is -0.507 e. The van der Waals surface area contributed by atoms with Crippen LogP contribution in [0, 0.1) is 11.3 Å². The standard InChI is InChI=1S/C9H6N2O2/c10-4-6-2-8-5(1-7(6)12)3-9(11)13-8/h1-3,12H,11H2. The molecule has 13 heavy (non-hydrogen) atoms. The Labute approximate surface area is 73.8 Å². The van der Waals surface area contributed by atoms with Crippen molar-refractivity contribution in [2.24, 2.45) is 0 Å². The Hall–Kier alpha value is -2.15. The number of benzene rings is 1. The second-order valence-electron chi connectivity index (χ2n) is 2.67. The predicted molar refractivity (Wildman–Crippen MR) is 47.0 cm³/mol. The van der Waals surface area contributed by atoms with Gasteiger partial charge in [0.25, 0.3) is 0 Å². The first-order valence-electron chi connectivity index (χ1n) is 3.63. The number of anilines is 1. The topological polar surface area (TPSA) is 83.2 Å². The summed E-state index contributed by atoms with van der Waals surface area (Å²) < 4.78 is 5.08. The van der Waals surface area contributed by atoms with E-state index in [0.717, 1.165) is 0 Å². The molecule has 0 fully saturated rings. The van der Waals surface area contributed by atoms with E-state index in [2.05, 4.69) is 0 Å². The molecule has 0 spiro atoms. The number of furan rings is 1. The number of phenols is 1. The molecule has 1 heterocycles. The molecule has 0 saturated carbocycles. The van der Waals surface area contributed by atoms with Gasteiger partial charge in [-0.15, -0.1) is 0 Å². The van der Waals surface area contributed by atoms with E-state index in [0.29, 0.717) is 11.0 Å². The number of fused-ring (bicyclic) bond motifs is 1. The molecule has 0 amide bonds. The summed E-state index contributed by atoms with van der Waals surface area (Å²) in [4.78, 5) is 0. The normalized spacial score (nSPS) is 10.1. The molecule has 1 aromatic carbocycles. The van der Waals surface area contributed by atoms with Gasteiger partial charge in [-0.05, 0) is 6.07 Å². The lowest BCUT2D eigenvalue weighted by Gasteiger charge is -1.93. The SMILES string of the molecule is N#Cc1cc2oc(N)cc2cc1O. The number of hydrogen-bond acceptors (Lipinski definition) is 4. The highest BCUT2D eigenvalue weighted by atomic mass is 16.3. The highest BCUT2D eigenvalue weighted by Gasteiger charge is 2.06. The fourth-order valence-corrected chi connectivity index (χ4v) is 1.18. The average Bonchev–Trinajstić information content (AvgIpc) is 2.42. The van der Waals surface area contributed by atoms with Gasteiger partial charge >= 0.3 is 0 Å². The summed E-state index contributed by atoms with van der Waals surface area (Å²) in [6.07, 6.45) is 0. The third-order valence-electron chi connectivity index (χ3n) is 1.77. The number of aromatic hydroxyl groups is 1. The minimum atomic E-state index is -0.0594. The van der Waals surface area contributed by atoms with Crippen molar-refractivity contribution >= 4 is 16.9 Å². The number of hydrogen-bond donors (Lipinski definition) is 2. The Morgan fingerprint density at radius 1 is 1.38 bits per heavy atom. The quantitative estimate of drug-likeness (QED) is 0.635. The average molecular weight is 174 g/mol. The largest absolute Gasteiger partial charge is 0.507 e. The van der Waals surface area contributed by atoms with E-state index < -0.39 is 0 Å². The number of rotatable bonds is 0. The molecule has 0 atom stereocenters. The molecule has 64 valence electrons. The molecule has 0 radical (unpaired) electrons. The molecule has 3 N–H and O–H groups in total. The zero-order valence-electron chi connectivity index (χ0n) is 6.61. The summed E-state index contributed by atoms with van der Waals surface area (Å²) in [6, 6.07) is 6.35. The monoisotopic (exact) mass is 174 g/mol. The highest BCUT2D eigenvalue weighted by Crippen LogP contribution is 2.27. The van der Waals surface area contributed by atoms with Gasteiger partial charge in [-0.2, -0.15) is 5.26 Å². The predicted octanol–water partition coefficient (Wildman–Crippen LogP) is 1.59. The van der Waals surface area contributed by atoms with Crippen LogP contribution in [0.25, 0.3) is 11.0 Å². The van der Waals surface area contributed by atoms with Crippen molar-refractivity contribution in [3.05, 3.63) is 23.8 Å². The fourth-order valence-electron chi connectivity index (χ4n) is 1.18. The van der Waals surface area contributed by atoms with Crippen LogP contribution < -0.4 is 5.73 Å². The Kier molecular flexibility index (Phi) is 1.40. The molecule has 0 unspecified atom stereocenters. The molecular formula is C9H6N2O2. The molecule has 4 heteroatoms. The van der Waals surface area contributed by atoms with Crippen molar-refractivity contribution in [1.82, 2.24) is 0 Å². The van der Waals surface area contributed by atoms with Gasteiger partial charge in [-0.3, -0.25) is 0 Å². The molecular weight excluding hydrogens is 168 g/mol. The van der Waals surface area contributed by atoms with Crippen LogP contribution in [-0.2, 0) is 0 Å². The zero-order valence-corrected chi connectivity index (χ0v) is 6.61. The van der Waals surface area contributed by atoms with E-state index in [-0.39, 0.29) is 17.2 Å². The third kappa shape index (κ3) is 1.07. The van der Waals surface area contributed by atoms with Crippen molar-refractivity contribution in [3.8, 4) is 11.8 Å². The van der Waals surface area contributed by atoms with E-state index in [1.165, 1.54) is 12.1 Å². The first-order chi connectivity index (χ1) is 6.20. The lowest BCUT2D eigenvalue weighted by Crippen LogP contribution is -1.75. The highest BCUT2D eigenvalue weighted by molar-refractivity contribution is 5.83. The van der Waals surface area contributed by atoms with Gasteiger partial charge in [0.05, 0.1) is 5.56 Å². The maximum Gasteiger partial charge on any atom is 0.191 e. The van der Waals surface area contributed by atoms with E-state index in [1.54, 1.807) is 6.07 Å². The van der Waals surface area contributed by atoms with Crippen LogP contribution >= 0.6 is 0 Å². The lowest BCUT2D eigenvalue weighted by atomic mass is 10.1. The smallest absolute Gasteiger partial charge is 0.191 e. The number of nitrogens with zero attached hydrogens (tertiary/aromatic N) is 1. The Balaban J connectivity index is 2.82. The van der Waals surface area contributed by atoms with Gasteiger partial charge in [0.2, 0.25) is 0 Å². The van der Waals surface area contributed by atoms with Gasteiger partial charge in [0, 0.05) is 17.5 Å². The fraction of sp³-hybridized carbons (Fsp3) is 0. The number of nitriles is 1. The maximum atomic E-state index is 9.31. The summed E-state index contributed by atoms with van der Waals surface area (Å²) in [7, 11) is 0. The third-order valence-corrected chi connectivity index (χ3v) is 1.77. The first kappa shape index (κ1) is 7.50. The summed E-state index contributed by atoms with van der Waals surface area (Å²) in [5, 5.41) is 18.6. The minimum absolute atomic E-state index is 0.0594. The van der Waals surface area contributed by atoms with Crippen molar-refractivity contribution in [2.45, 2.75) is 0 Å². The van der Waals surface area contributed by atoms with Crippen molar-refractivity contribution in [1.29, 1.82) is 5.26 Å². The van der Waals surface area contributed by atoms with Crippen LogP contribution in [0.15, 0.2) is 22.6 Å². The molecule has 2 rings (SSSR count). The van der Waals surface area contributed by atoms with Gasteiger partial charge in [0.1, 0.15) is 17.4 Å². The molecule has 4 nitrogen and oxygen atoms in total. The Bertz CT molecular complexity index is 508. The summed E-state index contributed by atoms with van der Waals surface area (Å²) >= 11 is 0. The molecule has 0 aliphatic rings. The molecule has 1 aromatic heterocycles. The Morgan fingerprint density at radius 2 is 2.15 bits per heavy atom. The van der Waals surface area contributed by atoms with Crippen LogP contribution in [0.1, 0.15) is 5.56 Å². The van der Waals surface area contributed by atoms with E-state index >= 15 is 0 Å². The number of nitrogens with two attached hydrogens (primary N) is 1. The van der Waals surface area contributed by atoms with Crippen molar-refractivity contribution < 1.29 is 9.52 Å². The van der Waals surface area contributed by atoms with Gasteiger partial charge in [0.15, 0.2) is 5.88 Å².